The molecule has 82 valence electrons. The minimum Gasteiger partial charge on any atom is -0.376 e. The van der Waals surface area contributed by atoms with Crippen molar-refractivity contribution in [3.63, 3.8) is 0 Å². The molecule has 0 aliphatic rings. The quantitative estimate of drug-likeness (QED) is 0.836. The first-order valence-electron chi connectivity index (χ1n) is 4.86. The van der Waals surface area contributed by atoms with Crippen molar-refractivity contribution in [1.82, 2.24) is 5.32 Å². The summed E-state index contributed by atoms with van der Waals surface area (Å²) in [4.78, 5) is 11.3. The van der Waals surface area contributed by atoms with Gasteiger partial charge in [0.05, 0.1) is 6.54 Å². The lowest BCUT2D eigenvalue weighted by Crippen LogP contribution is -2.34. The van der Waals surface area contributed by atoms with E-state index in [-0.39, 0.29) is 11.9 Å². The number of benzene rings is 1. The molecule has 1 amide bonds. The highest BCUT2D eigenvalue weighted by Gasteiger charge is 2.02. The van der Waals surface area contributed by atoms with Crippen LogP contribution in [-0.2, 0) is 4.79 Å². The third-order valence-electron chi connectivity index (χ3n) is 1.75. The van der Waals surface area contributed by atoms with Gasteiger partial charge in [0.2, 0.25) is 5.91 Å². The molecule has 0 spiro atoms. The Morgan fingerprint density at radius 2 is 1.93 bits per heavy atom. The zero-order chi connectivity index (χ0) is 11.3. The zero-order valence-electron chi connectivity index (χ0n) is 8.88. The van der Waals surface area contributed by atoms with Gasteiger partial charge in [-0.1, -0.05) is 0 Å². The molecule has 3 nitrogen and oxygen atoms in total. The summed E-state index contributed by atoms with van der Waals surface area (Å²) in [6, 6.07) is 8.12. The van der Waals surface area contributed by atoms with Crippen LogP contribution in [0.4, 0.5) is 5.69 Å². The second-order valence-electron chi connectivity index (χ2n) is 3.58. The number of carbonyl (C=O) groups excluding carboxylic acids is 1. The molecule has 2 N–H and O–H groups in total. The first-order chi connectivity index (χ1) is 7.08. The Kier molecular flexibility index (Phi) is 4.87. The van der Waals surface area contributed by atoms with E-state index < -0.39 is 0 Å². The van der Waals surface area contributed by atoms with Gasteiger partial charge in [-0.05, 0) is 60.7 Å². The maximum atomic E-state index is 11.3. The van der Waals surface area contributed by atoms with Gasteiger partial charge < -0.3 is 10.6 Å². The highest BCUT2D eigenvalue weighted by atomic mass is 127. The molecule has 0 saturated heterocycles. The molecule has 0 radical (unpaired) electrons. The number of halogens is 1. The van der Waals surface area contributed by atoms with E-state index in [9.17, 15) is 4.79 Å². The number of nitrogens with one attached hydrogen (secondary N) is 2. The van der Waals surface area contributed by atoms with E-state index in [0.717, 1.165) is 5.69 Å². The van der Waals surface area contributed by atoms with E-state index in [1.165, 1.54) is 3.57 Å². The molecule has 0 bridgehead atoms. The van der Waals surface area contributed by atoms with E-state index in [2.05, 4.69) is 33.2 Å². The van der Waals surface area contributed by atoms with Crippen molar-refractivity contribution < 1.29 is 4.79 Å². The average molecular weight is 318 g/mol. The molecular formula is C11H15IN2O. The molecule has 1 aromatic carbocycles. The summed E-state index contributed by atoms with van der Waals surface area (Å²) in [6.45, 7) is 4.21. The zero-order valence-corrected chi connectivity index (χ0v) is 11.0. The van der Waals surface area contributed by atoms with Gasteiger partial charge in [-0.25, -0.2) is 0 Å². The first kappa shape index (κ1) is 12.3. The molecule has 0 aromatic heterocycles. The second-order valence-corrected chi connectivity index (χ2v) is 4.83. The minimum atomic E-state index is 0.0172. The first-order valence-corrected chi connectivity index (χ1v) is 5.94. The van der Waals surface area contributed by atoms with E-state index in [1.54, 1.807) is 0 Å². The summed E-state index contributed by atoms with van der Waals surface area (Å²) in [5, 5.41) is 5.88. The van der Waals surface area contributed by atoms with E-state index in [0.29, 0.717) is 6.54 Å². The van der Waals surface area contributed by atoms with Gasteiger partial charge in [0.25, 0.3) is 0 Å². The van der Waals surface area contributed by atoms with Crippen LogP contribution >= 0.6 is 22.6 Å². The Morgan fingerprint density at radius 1 is 1.33 bits per heavy atom. The largest absolute Gasteiger partial charge is 0.376 e. The highest BCUT2D eigenvalue weighted by Crippen LogP contribution is 2.10. The average Bonchev–Trinajstić information content (AvgIpc) is 2.16. The van der Waals surface area contributed by atoms with Gasteiger partial charge in [-0.15, -0.1) is 0 Å². The van der Waals surface area contributed by atoms with Crippen molar-refractivity contribution in [3.8, 4) is 0 Å². The van der Waals surface area contributed by atoms with Crippen LogP contribution in [0.1, 0.15) is 13.8 Å². The lowest BCUT2D eigenvalue weighted by Gasteiger charge is -2.09. The SMILES string of the molecule is CC(C)NC(=O)CNc1ccc(I)cc1. The summed E-state index contributed by atoms with van der Waals surface area (Å²) in [5.41, 5.74) is 0.967. The monoisotopic (exact) mass is 318 g/mol. The third kappa shape index (κ3) is 5.01. The van der Waals surface area contributed by atoms with Crippen molar-refractivity contribution in [2.24, 2.45) is 0 Å². The van der Waals surface area contributed by atoms with Gasteiger partial charge in [0.15, 0.2) is 0 Å². The maximum absolute atomic E-state index is 11.3. The summed E-state index contributed by atoms with van der Waals surface area (Å²) >= 11 is 2.25. The molecule has 0 atom stereocenters. The maximum Gasteiger partial charge on any atom is 0.239 e. The van der Waals surface area contributed by atoms with Crippen LogP contribution in [0, 0.1) is 3.57 Å². The normalized spacial score (nSPS) is 10.1. The van der Waals surface area contributed by atoms with Crippen LogP contribution in [0.2, 0.25) is 0 Å². The molecule has 1 aromatic rings. The fourth-order valence-electron chi connectivity index (χ4n) is 1.12. The Labute approximate surface area is 104 Å². The van der Waals surface area contributed by atoms with Crippen molar-refractivity contribution in [3.05, 3.63) is 27.8 Å². The molecule has 0 aliphatic heterocycles. The Balaban J connectivity index is 2.37. The molecule has 0 fully saturated rings. The lowest BCUT2D eigenvalue weighted by atomic mass is 10.3. The molecule has 1 rings (SSSR count). The molecule has 0 heterocycles. The van der Waals surface area contributed by atoms with Gasteiger partial charge in [0.1, 0.15) is 0 Å². The van der Waals surface area contributed by atoms with Crippen LogP contribution in [0.15, 0.2) is 24.3 Å². The van der Waals surface area contributed by atoms with E-state index in [1.807, 2.05) is 38.1 Å². The predicted octanol–water partition coefficient (Wildman–Crippen LogP) is 2.23. The van der Waals surface area contributed by atoms with Crippen LogP contribution in [0.3, 0.4) is 0 Å². The third-order valence-corrected chi connectivity index (χ3v) is 2.47. The van der Waals surface area contributed by atoms with Crippen molar-refractivity contribution in [2.45, 2.75) is 19.9 Å². The van der Waals surface area contributed by atoms with Crippen LogP contribution in [0.5, 0.6) is 0 Å². The number of carbonyl (C=O) groups is 1. The van der Waals surface area contributed by atoms with Gasteiger partial charge in [-0.2, -0.15) is 0 Å². The summed E-state index contributed by atoms with van der Waals surface area (Å²) < 4.78 is 1.18. The molecule has 0 aliphatic carbocycles. The molecular weight excluding hydrogens is 303 g/mol. The Morgan fingerprint density at radius 3 is 2.47 bits per heavy atom. The Bertz CT molecular complexity index is 322. The lowest BCUT2D eigenvalue weighted by molar-refractivity contribution is -0.119. The van der Waals surface area contributed by atoms with Crippen molar-refractivity contribution in [2.75, 3.05) is 11.9 Å². The number of amides is 1. The highest BCUT2D eigenvalue weighted by molar-refractivity contribution is 14.1. The summed E-state index contributed by atoms with van der Waals surface area (Å²) in [6.07, 6.45) is 0. The van der Waals surface area contributed by atoms with Crippen LogP contribution in [0.25, 0.3) is 0 Å². The van der Waals surface area contributed by atoms with Crippen molar-refractivity contribution in [1.29, 1.82) is 0 Å². The van der Waals surface area contributed by atoms with E-state index >= 15 is 0 Å². The number of hydrogen-bond donors (Lipinski definition) is 2. The fraction of sp³-hybridized carbons (Fsp3) is 0.364. The fourth-order valence-corrected chi connectivity index (χ4v) is 1.48. The molecule has 15 heavy (non-hydrogen) atoms. The van der Waals surface area contributed by atoms with Gasteiger partial charge in [-0.3, -0.25) is 4.79 Å². The van der Waals surface area contributed by atoms with Crippen molar-refractivity contribution >= 4 is 34.2 Å². The molecule has 0 saturated carbocycles. The molecule has 0 unspecified atom stereocenters. The number of hydrogen-bond acceptors (Lipinski definition) is 2. The smallest absolute Gasteiger partial charge is 0.239 e. The minimum absolute atomic E-state index is 0.0172. The topological polar surface area (TPSA) is 41.1 Å². The second kappa shape index (κ2) is 5.95. The van der Waals surface area contributed by atoms with Gasteiger partial charge in [0, 0.05) is 15.3 Å². The predicted molar refractivity (Wildman–Crippen MR) is 70.9 cm³/mol. The summed E-state index contributed by atoms with van der Waals surface area (Å²) in [5.74, 6) is 0.0172. The van der Waals surface area contributed by atoms with Crippen LogP contribution < -0.4 is 10.6 Å². The number of anilines is 1. The van der Waals surface area contributed by atoms with Gasteiger partial charge >= 0.3 is 0 Å². The summed E-state index contributed by atoms with van der Waals surface area (Å²) in [7, 11) is 0. The van der Waals surface area contributed by atoms with Crippen LogP contribution in [-0.4, -0.2) is 18.5 Å². The standard InChI is InChI=1S/C11H15IN2O/c1-8(2)14-11(15)7-13-10-5-3-9(12)4-6-10/h3-6,8,13H,7H2,1-2H3,(H,14,15). The Hall–Kier alpha value is -0.780. The number of rotatable bonds is 4. The van der Waals surface area contributed by atoms with E-state index in [4.69, 9.17) is 0 Å². The molecule has 4 heteroatoms.